The number of hydrogen-bond donors (Lipinski definition) is 1. The maximum Gasteiger partial charge on any atom is 0.226 e. The second-order valence-corrected chi connectivity index (χ2v) is 5.10. The van der Waals surface area contributed by atoms with Gasteiger partial charge in [0.2, 0.25) is 5.91 Å². The number of carbonyl (C=O) groups is 1. The Morgan fingerprint density at radius 2 is 2.14 bits per heavy atom. The zero-order valence-corrected chi connectivity index (χ0v) is 13.2. The highest BCUT2D eigenvalue weighted by atomic mass is 35.5. The van der Waals surface area contributed by atoms with Crippen molar-refractivity contribution in [2.45, 2.75) is 12.8 Å². The van der Waals surface area contributed by atoms with Gasteiger partial charge in [0.05, 0.1) is 15.8 Å². The summed E-state index contributed by atoms with van der Waals surface area (Å²) in [5, 5.41) is 11.0. The number of hydrogen-bond acceptors (Lipinski definition) is 5. The monoisotopic (exact) mass is 341 g/mol. The van der Waals surface area contributed by atoms with Crippen molar-refractivity contribution >= 4 is 40.6 Å². The number of carbonyl (C=O) groups excluding carboxylic acids is 1. The summed E-state index contributed by atoms with van der Waals surface area (Å²) in [5.74, 6) is 0.155. The number of nitrogens with zero attached hydrogens (tertiary/aromatic N) is 2. The molecule has 0 aliphatic heterocycles. The normalized spacial score (nSPS) is 11.3. The lowest BCUT2D eigenvalue weighted by atomic mass is 10.1. The molecule has 0 aliphatic carbocycles. The standard InChI is InChI=1S/C14H13Cl2N3O3/c1-21-18-12(9-2-3-10(15)11(16)8-9)4-5-14(20)17-13-6-7-22-19-13/h2-3,6-8H,4-5H2,1H3,(H,17,19,20)/b18-12+. The van der Waals surface area contributed by atoms with Gasteiger partial charge in [0.1, 0.15) is 13.4 Å². The fourth-order valence-electron chi connectivity index (χ4n) is 1.74. The van der Waals surface area contributed by atoms with Crippen molar-refractivity contribution in [1.82, 2.24) is 5.16 Å². The molecule has 1 heterocycles. The van der Waals surface area contributed by atoms with E-state index in [1.165, 1.54) is 13.4 Å². The smallest absolute Gasteiger partial charge is 0.226 e. The van der Waals surface area contributed by atoms with E-state index in [2.05, 4.69) is 20.2 Å². The molecule has 0 bridgehead atoms. The predicted molar refractivity (Wildman–Crippen MR) is 84.4 cm³/mol. The summed E-state index contributed by atoms with van der Waals surface area (Å²) in [6.45, 7) is 0. The number of nitrogens with one attached hydrogen (secondary N) is 1. The van der Waals surface area contributed by atoms with Gasteiger partial charge in [-0.3, -0.25) is 4.79 Å². The maximum atomic E-state index is 11.8. The number of benzene rings is 1. The van der Waals surface area contributed by atoms with Crippen LogP contribution in [0.2, 0.25) is 10.0 Å². The lowest BCUT2D eigenvalue weighted by Crippen LogP contribution is -2.14. The summed E-state index contributed by atoms with van der Waals surface area (Å²) in [5.41, 5.74) is 1.34. The van der Waals surface area contributed by atoms with Gasteiger partial charge in [0, 0.05) is 24.5 Å². The van der Waals surface area contributed by atoms with E-state index in [1.807, 2.05) is 0 Å². The van der Waals surface area contributed by atoms with Crippen molar-refractivity contribution < 1.29 is 14.2 Å². The third-order valence-corrected chi connectivity index (χ3v) is 3.49. The minimum absolute atomic E-state index is 0.204. The highest BCUT2D eigenvalue weighted by Crippen LogP contribution is 2.23. The van der Waals surface area contributed by atoms with Crippen LogP contribution in [0, 0.1) is 0 Å². The largest absolute Gasteiger partial charge is 0.399 e. The van der Waals surface area contributed by atoms with Gasteiger partial charge in [0.15, 0.2) is 5.82 Å². The Bertz CT molecular complexity index is 672. The van der Waals surface area contributed by atoms with Crippen LogP contribution in [0.15, 0.2) is 40.2 Å². The molecule has 6 nitrogen and oxygen atoms in total. The van der Waals surface area contributed by atoms with Crippen LogP contribution < -0.4 is 5.32 Å². The second kappa shape index (κ2) is 7.82. The van der Waals surface area contributed by atoms with E-state index in [0.29, 0.717) is 28.0 Å². The van der Waals surface area contributed by atoms with E-state index >= 15 is 0 Å². The molecule has 1 aromatic heterocycles. The average Bonchev–Trinajstić information content (AvgIpc) is 2.99. The molecule has 0 saturated carbocycles. The van der Waals surface area contributed by atoms with Gasteiger partial charge < -0.3 is 14.7 Å². The summed E-state index contributed by atoms with van der Waals surface area (Å²) in [6, 6.07) is 6.67. The SMILES string of the molecule is CO/N=C(\CCC(=O)Nc1ccon1)c1ccc(Cl)c(Cl)c1. The van der Waals surface area contributed by atoms with E-state index in [0.717, 1.165) is 5.56 Å². The molecule has 0 spiro atoms. The Balaban J connectivity index is 2.01. The Labute approximate surface area is 137 Å². The van der Waals surface area contributed by atoms with E-state index in [-0.39, 0.29) is 12.3 Å². The fourth-order valence-corrected chi connectivity index (χ4v) is 2.04. The minimum Gasteiger partial charge on any atom is -0.399 e. The minimum atomic E-state index is -0.210. The van der Waals surface area contributed by atoms with Crippen molar-refractivity contribution in [3.05, 3.63) is 46.1 Å². The molecule has 0 saturated heterocycles. The molecule has 1 amide bonds. The van der Waals surface area contributed by atoms with Gasteiger partial charge in [-0.1, -0.05) is 39.6 Å². The maximum absolute atomic E-state index is 11.8. The average molecular weight is 342 g/mol. The molecule has 0 aliphatic rings. The third kappa shape index (κ3) is 4.47. The predicted octanol–water partition coefficient (Wildman–Crippen LogP) is 3.75. The molecule has 0 radical (unpaired) electrons. The number of halogens is 2. The van der Waals surface area contributed by atoms with E-state index < -0.39 is 0 Å². The molecule has 1 aromatic carbocycles. The first-order valence-electron chi connectivity index (χ1n) is 6.36. The van der Waals surface area contributed by atoms with Gasteiger partial charge in [0.25, 0.3) is 0 Å². The van der Waals surface area contributed by atoms with Crippen LogP contribution in [0.1, 0.15) is 18.4 Å². The van der Waals surface area contributed by atoms with Crippen molar-refractivity contribution in [3.63, 3.8) is 0 Å². The summed E-state index contributed by atoms with van der Waals surface area (Å²) in [6.07, 6.45) is 1.95. The van der Waals surface area contributed by atoms with Crippen LogP contribution in [-0.2, 0) is 9.63 Å². The molecule has 1 N–H and O–H groups in total. The van der Waals surface area contributed by atoms with Crippen molar-refractivity contribution in [3.8, 4) is 0 Å². The fraction of sp³-hybridized carbons (Fsp3) is 0.214. The molecular formula is C14H13Cl2N3O3. The number of rotatable bonds is 6. The van der Waals surface area contributed by atoms with Crippen molar-refractivity contribution in [2.24, 2.45) is 5.16 Å². The number of oxime groups is 1. The number of aromatic nitrogens is 1. The Hall–Kier alpha value is -2.05. The van der Waals surface area contributed by atoms with Gasteiger partial charge >= 0.3 is 0 Å². The van der Waals surface area contributed by atoms with Crippen LogP contribution in [0.3, 0.4) is 0 Å². The lowest BCUT2D eigenvalue weighted by molar-refractivity contribution is -0.116. The molecule has 0 unspecified atom stereocenters. The zero-order valence-electron chi connectivity index (χ0n) is 11.7. The first-order chi connectivity index (χ1) is 10.6. The van der Waals surface area contributed by atoms with E-state index in [1.54, 1.807) is 24.3 Å². The summed E-state index contributed by atoms with van der Waals surface area (Å²) in [7, 11) is 1.44. The third-order valence-electron chi connectivity index (χ3n) is 2.75. The molecule has 2 aromatic rings. The zero-order chi connectivity index (χ0) is 15.9. The number of anilines is 1. The van der Waals surface area contributed by atoms with Crippen LogP contribution in [0.5, 0.6) is 0 Å². The van der Waals surface area contributed by atoms with Crippen LogP contribution in [0.25, 0.3) is 0 Å². The topological polar surface area (TPSA) is 76.7 Å². The second-order valence-electron chi connectivity index (χ2n) is 4.28. The highest BCUT2D eigenvalue weighted by molar-refractivity contribution is 6.42. The van der Waals surface area contributed by atoms with Crippen molar-refractivity contribution in [1.29, 1.82) is 0 Å². The first-order valence-corrected chi connectivity index (χ1v) is 7.11. The molecule has 116 valence electrons. The molecule has 22 heavy (non-hydrogen) atoms. The quantitative estimate of drug-likeness (QED) is 0.641. The number of amides is 1. The highest BCUT2D eigenvalue weighted by Gasteiger charge is 2.11. The lowest BCUT2D eigenvalue weighted by Gasteiger charge is -2.07. The summed E-state index contributed by atoms with van der Waals surface area (Å²) < 4.78 is 4.64. The van der Waals surface area contributed by atoms with Gasteiger partial charge in [-0.25, -0.2) is 0 Å². The van der Waals surface area contributed by atoms with Gasteiger partial charge in [-0.05, 0) is 12.1 Å². The van der Waals surface area contributed by atoms with E-state index in [9.17, 15) is 4.79 Å². The van der Waals surface area contributed by atoms with Crippen LogP contribution >= 0.6 is 23.2 Å². The Morgan fingerprint density at radius 3 is 2.77 bits per heavy atom. The molecule has 0 atom stereocenters. The van der Waals surface area contributed by atoms with Crippen LogP contribution in [0.4, 0.5) is 5.82 Å². The Morgan fingerprint density at radius 1 is 1.32 bits per heavy atom. The Kier molecular flexibility index (Phi) is 5.80. The molecule has 8 heteroatoms. The summed E-state index contributed by atoms with van der Waals surface area (Å²) >= 11 is 11.9. The van der Waals surface area contributed by atoms with Gasteiger partial charge in [-0.2, -0.15) is 0 Å². The molecular weight excluding hydrogens is 329 g/mol. The van der Waals surface area contributed by atoms with Crippen molar-refractivity contribution in [2.75, 3.05) is 12.4 Å². The molecule has 2 rings (SSSR count). The van der Waals surface area contributed by atoms with Crippen LogP contribution in [-0.4, -0.2) is 23.9 Å². The first kappa shape index (κ1) is 16.3. The van der Waals surface area contributed by atoms with E-state index in [4.69, 9.17) is 28.0 Å². The summed E-state index contributed by atoms with van der Waals surface area (Å²) in [4.78, 5) is 16.7. The molecule has 0 fully saturated rings. The van der Waals surface area contributed by atoms with Gasteiger partial charge in [-0.15, -0.1) is 0 Å².